The van der Waals surface area contributed by atoms with Gasteiger partial charge in [-0.05, 0) is 49.2 Å². The van der Waals surface area contributed by atoms with Crippen LogP contribution in [0.15, 0.2) is 67.1 Å². The van der Waals surface area contributed by atoms with Crippen molar-refractivity contribution in [2.75, 3.05) is 13.1 Å². The van der Waals surface area contributed by atoms with Crippen molar-refractivity contribution in [3.05, 3.63) is 83.5 Å². The number of hydrogen-bond donors (Lipinski definition) is 0. The third-order valence-electron chi connectivity index (χ3n) is 6.09. The molecule has 1 saturated heterocycles. The summed E-state index contributed by atoms with van der Waals surface area (Å²) in [5, 5.41) is 11.0. The van der Waals surface area contributed by atoms with Crippen molar-refractivity contribution in [3.63, 3.8) is 0 Å². The van der Waals surface area contributed by atoms with Gasteiger partial charge in [0, 0.05) is 24.0 Å². The Morgan fingerprint density at radius 2 is 1.94 bits per heavy atom. The van der Waals surface area contributed by atoms with Crippen molar-refractivity contribution in [1.82, 2.24) is 34.3 Å². The highest BCUT2D eigenvalue weighted by Crippen LogP contribution is 2.28. The maximum Gasteiger partial charge on any atom is 0.170 e. The van der Waals surface area contributed by atoms with Gasteiger partial charge in [0.15, 0.2) is 17.1 Å². The Kier molecular flexibility index (Phi) is 4.85. The summed E-state index contributed by atoms with van der Waals surface area (Å²) in [7, 11) is 0. The summed E-state index contributed by atoms with van der Waals surface area (Å²) < 4.78 is 3.63. The minimum absolute atomic E-state index is 0.294. The van der Waals surface area contributed by atoms with Gasteiger partial charge in [0.1, 0.15) is 6.33 Å². The van der Waals surface area contributed by atoms with Gasteiger partial charge in [0.05, 0.1) is 17.3 Å². The molecule has 0 radical (unpaired) electrons. The van der Waals surface area contributed by atoms with Gasteiger partial charge in [-0.2, -0.15) is 5.10 Å². The molecule has 3 aromatic heterocycles. The molecule has 0 aliphatic carbocycles. The largest absolute Gasteiger partial charge is 0.298 e. The van der Waals surface area contributed by atoms with E-state index in [-0.39, 0.29) is 0 Å². The van der Waals surface area contributed by atoms with Crippen molar-refractivity contribution in [2.24, 2.45) is 0 Å². The SMILES string of the molecule is Clc1cccc(CN2CCCC(c3nc4c5cnn(-c6ccccc6)c5ncn4n3)C2)c1. The van der Waals surface area contributed by atoms with Gasteiger partial charge < -0.3 is 0 Å². The van der Waals surface area contributed by atoms with Gasteiger partial charge in [-0.1, -0.05) is 41.9 Å². The van der Waals surface area contributed by atoms with E-state index in [0.717, 1.165) is 65.7 Å². The second-order valence-electron chi connectivity index (χ2n) is 8.32. The fourth-order valence-electron chi connectivity index (χ4n) is 4.57. The second-order valence-corrected chi connectivity index (χ2v) is 8.75. The summed E-state index contributed by atoms with van der Waals surface area (Å²) in [6.07, 6.45) is 5.78. The molecule has 4 heterocycles. The lowest BCUT2D eigenvalue weighted by molar-refractivity contribution is 0.196. The molecule has 0 N–H and O–H groups in total. The van der Waals surface area contributed by atoms with Gasteiger partial charge in [-0.25, -0.2) is 19.2 Å². The first-order chi connectivity index (χ1) is 15.7. The lowest BCUT2D eigenvalue weighted by Crippen LogP contribution is -2.34. The first kappa shape index (κ1) is 19.4. The van der Waals surface area contributed by atoms with E-state index in [1.807, 2.05) is 59.4 Å². The van der Waals surface area contributed by atoms with Crippen LogP contribution >= 0.6 is 11.6 Å². The van der Waals surface area contributed by atoms with Gasteiger partial charge in [-0.15, -0.1) is 5.10 Å². The first-order valence-electron chi connectivity index (χ1n) is 10.9. The Bertz CT molecular complexity index is 1390. The van der Waals surface area contributed by atoms with E-state index >= 15 is 0 Å². The average molecular weight is 444 g/mol. The van der Waals surface area contributed by atoms with E-state index in [9.17, 15) is 0 Å². The van der Waals surface area contributed by atoms with Crippen molar-refractivity contribution < 1.29 is 0 Å². The van der Waals surface area contributed by atoms with E-state index in [0.29, 0.717) is 5.92 Å². The Morgan fingerprint density at radius 1 is 1.03 bits per heavy atom. The third kappa shape index (κ3) is 3.53. The molecule has 1 atom stereocenters. The van der Waals surface area contributed by atoms with E-state index in [1.54, 1.807) is 10.8 Å². The normalized spacial score (nSPS) is 17.3. The quantitative estimate of drug-likeness (QED) is 0.409. The molecular formula is C24H22ClN7. The zero-order valence-corrected chi connectivity index (χ0v) is 18.2. The highest BCUT2D eigenvalue weighted by atomic mass is 35.5. The number of para-hydroxylation sites is 1. The van der Waals surface area contributed by atoms with Crippen LogP contribution in [0.3, 0.4) is 0 Å². The van der Waals surface area contributed by atoms with Crippen LogP contribution in [0.5, 0.6) is 0 Å². The minimum Gasteiger partial charge on any atom is -0.298 e. The van der Waals surface area contributed by atoms with Crippen molar-refractivity contribution in [1.29, 1.82) is 0 Å². The van der Waals surface area contributed by atoms with Crippen molar-refractivity contribution in [2.45, 2.75) is 25.3 Å². The predicted octanol–water partition coefficient (Wildman–Crippen LogP) is 4.50. The Labute approximate surface area is 190 Å². The highest BCUT2D eigenvalue weighted by molar-refractivity contribution is 6.30. The zero-order chi connectivity index (χ0) is 21.5. The van der Waals surface area contributed by atoms with Crippen molar-refractivity contribution in [3.8, 4) is 5.69 Å². The average Bonchev–Trinajstić information content (AvgIpc) is 3.44. The summed E-state index contributed by atoms with van der Waals surface area (Å²) in [5.41, 5.74) is 3.80. The number of rotatable bonds is 4. The van der Waals surface area contributed by atoms with Crippen LogP contribution < -0.4 is 0 Å². The van der Waals surface area contributed by atoms with Crippen LogP contribution in [-0.4, -0.2) is 47.4 Å². The molecule has 160 valence electrons. The van der Waals surface area contributed by atoms with Crippen LogP contribution in [0.25, 0.3) is 22.4 Å². The zero-order valence-electron chi connectivity index (χ0n) is 17.5. The molecular weight excluding hydrogens is 422 g/mol. The predicted molar refractivity (Wildman–Crippen MR) is 124 cm³/mol. The van der Waals surface area contributed by atoms with Crippen LogP contribution in [0.2, 0.25) is 5.02 Å². The second kappa shape index (κ2) is 8.00. The molecule has 0 bridgehead atoms. The van der Waals surface area contributed by atoms with Gasteiger partial charge in [0.25, 0.3) is 0 Å². The monoisotopic (exact) mass is 443 g/mol. The number of piperidine rings is 1. The third-order valence-corrected chi connectivity index (χ3v) is 6.32. The fourth-order valence-corrected chi connectivity index (χ4v) is 4.78. The maximum atomic E-state index is 6.17. The summed E-state index contributed by atoms with van der Waals surface area (Å²) in [6, 6.07) is 18.1. The molecule has 32 heavy (non-hydrogen) atoms. The van der Waals surface area contributed by atoms with Crippen molar-refractivity contribution >= 4 is 28.3 Å². The lowest BCUT2D eigenvalue weighted by atomic mass is 9.97. The molecule has 0 amide bonds. The molecule has 8 heteroatoms. The Balaban J connectivity index is 1.30. The molecule has 0 saturated carbocycles. The number of benzene rings is 2. The number of likely N-dealkylation sites (tertiary alicyclic amines) is 1. The summed E-state index contributed by atoms with van der Waals surface area (Å²) in [6.45, 7) is 2.90. The number of fused-ring (bicyclic) bond motifs is 3. The molecule has 1 aliphatic rings. The molecule has 7 nitrogen and oxygen atoms in total. The topological polar surface area (TPSA) is 64.1 Å². The maximum absolute atomic E-state index is 6.17. The van der Waals surface area contributed by atoms with E-state index in [1.165, 1.54) is 5.56 Å². The van der Waals surface area contributed by atoms with Gasteiger partial charge in [-0.3, -0.25) is 4.90 Å². The number of hydrogen-bond acceptors (Lipinski definition) is 5. The molecule has 1 unspecified atom stereocenters. The van der Waals surface area contributed by atoms with Gasteiger partial charge in [0.2, 0.25) is 0 Å². The number of aromatic nitrogens is 6. The summed E-state index contributed by atoms with van der Waals surface area (Å²) >= 11 is 6.17. The van der Waals surface area contributed by atoms with E-state index < -0.39 is 0 Å². The highest BCUT2D eigenvalue weighted by Gasteiger charge is 2.25. The van der Waals surface area contributed by atoms with Crippen LogP contribution in [-0.2, 0) is 6.54 Å². The number of halogens is 1. The molecule has 2 aromatic carbocycles. The van der Waals surface area contributed by atoms with E-state index in [2.05, 4.69) is 21.0 Å². The fraction of sp³-hybridized carbons (Fsp3) is 0.250. The first-order valence-corrected chi connectivity index (χ1v) is 11.2. The number of nitrogens with zero attached hydrogens (tertiary/aromatic N) is 7. The van der Waals surface area contributed by atoms with E-state index in [4.69, 9.17) is 21.7 Å². The van der Waals surface area contributed by atoms with Crippen LogP contribution in [0, 0.1) is 0 Å². The van der Waals surface area contributed by atoms with Crippen LogP contribution in [0.4, 0.5) is 0 Å². The molecule has 6 rings (SSSR count). The van der Waals surface area contributed by atoms with Gasteiger partial charge >= 0.3 is 0 Å². The lowest BCUT2D eigenvalue weighted by Gasteiger charge is -2.31. The summed E-state index contributed by atoms with van der Waals surface area (Å²) in [4.78, 5) is 12.0. The standard InChI is InChI=1S/C24H22ClN7/c25-19-8-4-6-17(12-19)14-30-11-5-7-18(15-30)22-28-24-21-13-27-32(20-9-2-1-3-10-20)23(21)26-16-31(24)29-22/h1-4,6,8-10,12-13,16,18H,5,7,11,14-15H2. The Morgan fingerprint density at radius 3 is 2.81 bits per heavy atom. The molecule has 5 aromatic rings. The smallest absolute Gasteiger partial charge is 0.170 e. The minimum atomic E-state index is 0.294. The molecule has 0 spiro atoms. The molecule has 1 aliphatic heterocycles. The molecule has 1 fully saturated rings. The Hall–Kier alpha value is -3.29. The van der Waals surface area contributed by atoms with Crippen LogP contribution in [0.1, 0.15) is 30.1 Å². The summed E-state index contributed by atoms with van der Waals surface area (Å²) in [5.74, 6) is 1.17.